The molecule has 2 N–H and O–H groups in total. The van der Waals surface area contributed by atoms with Gasteiger partial charge in [0.15, 0.2) is 0 Å². The van der Waals surface area contributed by atoms with E-state index in [9.17, 15) is 4.79 Å². The number of rotatable bonds is 2. The minimum atomic E-state index is 0.172. The second kappa shape index (κ2) is 7.28. The maximum absolute atomic E-state index is 12.7. The minimum absolute atomic E-state index is 0.172. The number of hydrogen-bond acceptors (Lipinski definition) is 2. The predicted molar refractivity (Wildman–Crippen MR) is 78.8 cm³/mol. The summed E-state index contributed by atoms with van der Waals surface area (Å²) in [6.45, 7) is 4.08. The fraction of sp³-hybridized carbons (Fsp3) is 0.938. The molecule has 2 rings (SSSR count). The first-order chi connectivity index (χ1) is 9.18. The van der Waals surface area contributed by atoms with Crippen LogP contribution in [-0.4, -0.2) is 29.9 Å². The van der Waals surface area contributed by atoms with Gasteiger partial charge in [-0.25, -0.2) is 0 Å². The van der Waals surface area contributed by atoms with Crippen LogP contribution < -0.4 is 5.73 Å². The molecule has 3 unspecified atom stereocenters. The first-order valence-electron chi connectivity index (χ1n) is 8.23. The molecule has 1 saturated heterocycles. The molecule has 3 atom stereocenters. The zero-order valence-electron chi connectivity index (χ0n) is 12.4. The van der Waals surface area contributed by atoms with Crippen molar-refractivity contribution < 1.29 is 4.79 Å². The molecule has 1 heterocycles. The highest BCUT2D eigenvalue weighted by Crippen LogP contribution is 2.30. The van der Waals surface area contributed by atoms with Gasteiger partial charge in [0.25, 0.3) is 0 Å². The Morgan fingerprint density at radius 2 is 1.68 bits per heavy atom. The Balaban J connectivity index is 1.89. The van der Waals surface area contributed by atoms with E-state index in [1.54, 1.807) is 0 Å². The van der Waals surface area contributed by atoms with Crippen LogP contribution >= 0.6 is 0 Å². The van der Waals surface area contributed by atoms with Gasteiger partial charge in [-0.2, -0.15) is 0 Å². The summed E-state index contributed by atoms with van der Waals surface area (Å²) in [5.74, 6) is 1.08. The molecule has 0 aromatic rings. The van der Waals surface area contributed by atoms with E-state index in [0.717, 1.165) is 25.9 Å². The first kappa shape index (κ1) is 14.8. The van der Waals surface area contributed by atoms with Crippen molar-refractivity contribution in [2.75, 3.05) is 13.1 Å². The van der Waals surface area contributed by atoms with Crippen molar-refractivity contribution in [3.8, 4) is 0 Å². The van der Waals surface area contributed by atoms with Crippen molar-refractivity contribution in [2.45, 2.75) is 70.8 Å². The Morgan fingerprint density at radius 3 is 2.32 bits per heavy atom. The highest BCUT2D eigenvalue weighted by Gasteiger charge is 2.31. The highest BCUT2D eigenvalue weighted by atomic mass is 16.2. The summed E-state index contributed by atoms with van der Waals surface area (Å²) >= 11 is 0. The van der Waals surface area contributed by atoms with Crippen molar-refractivity contribution in [1.82, 2.24) is 4.90 Å². The van der Waals surface area contributed by atoms with E-state index in [2.05, 4.69) is 11.8 Å². The third-order valence-electron chi connectivity index (χ3n) is 5.02. The molecule has 2 aliphatic rings. The number of hydrogen-bond donors (Lipinski definition) is 1. The first-order valence-corrected chi connectivity index (χ1v) is 8.23. The van der Waals surface area contributed by atoms with Crippen LogP contribution in [0.3, 0.4) is 0 Å². The lowest BCUT2D eigenvalue weighted by Crippen LogP contribution is -2.42. The molecule has 1 saturated carbocycles. The highest BCUT2D eigenvalue weighted by molar-refractivity contribution is 5.78. The number of carbonyl (C=O) groups excluding carboxylic acids is 1. The Hall–Kier alpha value is -0.570. The van der Waals surface area contributed by atoms with Crippen molar-refractivity contribution in [1.29, 1.82) is 0 Å². The summed E-state index contributed by atoms with van der Waals surface area (Å²) in [6, 6.07) is 0.321. The molecular formula is C16H30N2O. The summed E-state index contributed by atoms with van der Waals surface area (Å²) in [7, 11) is 0. The summed E-state index contributed by atoms with van der Waals surface area (Å²) < 4.78 is 0. The van der Waals surface area contributed by atoms with E-state index < -0.39 is 0 Å². The van der Waals surface area contributed by atoms with Crippen LogP contribution in [0, 0.1) is 11.8 Å². The van der Waals surface area contributed by atoms with Gasteiger partial charge in [-0.3, -0.25) is 4.79 Å². The van der Waals surface area contributed by atoms with Crippen LogP contribution in [0.25, 0.3) is 0 Å². The molecule has 1 aliphatic heterocycles. The topological polar surface area (TPSA) is 46.3 Å². The number of likely N-dealkylation sites (tertiary alicyclic amines) is 1. The van der Waals surface area contributed by atoms with Crippen molar-refractivity contribution in [3.05, 3.63) is 0 Å². The van der Waals surface area contributed by atoms with Crippen molar-refractivity contribution in [2.24, 2.45) is 17.6 Å². The zero-order chi connectivity index (χ0) is 13.7. The lowest BCUT2D eigenvalue weighted by molar-refractivity contribution is -0.137. The van der Waals surface area contributed by atoms with E-state index in [-0.39, 0.29) is 5.92 Å². The number of nitrogens with zero attached hydrogens (tertiary/aromatic N) is 1. The van der Waals surface area contributed by atoms with Gasteiger partial charge in [0.05, 0.1) is 0 Å². The zero-order valence-corrected chi connectivity index (χ0v) is 12.4. The molecule has 1 aliphatic carbocycles. The average Bonchev–Trinajstić information content (AvgIpc) is 2.37. The van der Waals surface area contributed by atoms with Crippen LogP contribution in [-0.2, 0) is 4.79 Å². The van der Waals surface area contributed by atoms with E-state index in [4.69, 9.17) is 5.73 Å². The Labute approximate surface area is 117 Å². The molecule has 110 valence electrons. The number of amides is 1. The number of nitrogens with two attached hydrogens (primary N) is 1. The maximum Gasteiger partial charge on any atom is 0.225 e. The smallest absolute Gasteiger partial charge is 0.225 e. The van der Waals surface area contributed by atoms with E-state index in [1.165, 1.54) is 44.9 Å². The van der Waals surface area contributed by atoms with Crippen LogP contribution in [0.5, 0.6) is 0 Å². The van der Waals surface area contributed by atoms with Crippen LogP contribution in [0.2, 0.25) is 0 Å². The third kappa shape index (κ3) is 4.20. The minimum Gasteiger partial charge on any atom is -0.342 e. The van der Waals surface area contributed by atoms with Crippen LogP contribution in [0.1, 0.15) is 64.7 Å². The average molecular weight is 266 g/mol. The van der Waals surface area contributed by atoms with Crippen LogP contribution in [0.15, 0.2) is 0 Å². The molecule has 0 spiro atoms. The molecule has 0 aromatic carbocycles. The Morgan fingerprint density at radius 1 is 1.05 bits per heavy atom. The van der Waals surface area contributed by atoms with Gasteiger partial charge in [0.1, 0.15) is 0 Å². The molecule has 2 fully saturated rings. The van der Waals surface area contributed by atoms with Gasteiger partial charge in [-0.05, 0) is 38.0 Å². The summed E-state index contributed by atoms with van der Waals surface area (Å²) in [5, 5.41) is 0. The summed E-state index contributed by atoms with van der Waals surface area (Å²) in [5.41, 5.74) is 6.06. The molecule has 19 heavy (non-hydrogen) atoms. The van der Waals surface area contributed by atoms with E-state index in [0.29, 0.717) is 17.9 Å². The molecule has 3 nitrogen and oxygen atoms in total. The van der Waals surface area contributed by atoms with Gasteiger partial charge in [0.2, 0.25) is 5.91 Å². The van der Waals surface area contributed by atoms with Gasteiger partial charge in [-0.15, -0.1) is 0 Å². The fourth-order valence-corrected chi connectivity index (χ4v) is 3.68. The molecule has 0 aromatic heterocycles. The third-order valence-corrected chi connectivity index (χ3v) is 5.02. The van der Waals surface area contributed by atoms with Crippen molar-refractivity contribution in [3.63, 3.8) is 0 Å². The summed E-state index contributed by atoms with van der Waals surface area (Å²) in [4.78, 5) is 14.8. The monoisotopic (exact) mass is 266 g/mol. The lowest BCUT2D eigenvalue weighted by Gasteiger charge is -2.34. The second-order valence-electron chi connectivity index (χ2n) is 6.57. The van der Waals surface area contributed by atoms with Gasteiger partial charge >= 0.3 is 0 Å². The second-order valence-corrected chi connectivity index (χ2v) is 6.57. The SMILES string of the molecule is CC(C(=O)N1CCCCCCC1)C1CCCC(N)C1. The largest absolute Gasteiger partial charge is 0.342 e. The van der Waals surface area contributed by atoms with Gasteiger partial charge in [0, 0.05) is 25.0 Å². The Bertz CT molecular complexity index is 284. The maximum atomic E-state index is 12.7. The molecule has 0 bridgehead atoms. The quantitative estimate of drug-likeness (QED) is 0.835. The van der Waals surface area contributed by atoms with E-state index >= 15 is 0 Å². The fourth-order valence-electron chi connectivity index (χ4n) is 3.68. The van der Waals surface area contributed by atoms with Gasteiger partial charge < -0.3 is 10.6 Å². The predicted octanol–water partition coefficient (Wildman–Crippen LogP) is 2.93. The number of carbonyl (C=O) groups is 1. The standard InChI is InChI=1S/C16H30N2O/c1-13(14-8-7-9-15(17)12-14)16(19)18-10-5-3-2-4-6-11-18/h13-15H,2-12,17H2,1H3. The Kier molecular flexibility index (Phi) is 5.68. The molecular weight excluding hydrogens is 236 g/mol. The van der Waals surface area contributed by atoms with Gasteiger partial charge in [-0.1, -0.05) is 32.6 Å². The van der Waals surface area contributed by atoms with Crippen molar-refractivity contribution >= 4 is 5.91 Å². The normalized spacial score (nSPS) is 31.4. The van der Waals surface area contributed by atoms with E-state index in [1.807, 2.05) is 0 Å². The lowest BCUT2D eigenvalue weighted by atomic mass is 9.78. The molecule has 1 amide bonds. The molecule has 0 radical (unpaired) electrons. The molecule has 3 heteroatoms. The summed E-state index contributed by atoms with van der Waals surface area (Å²) in [6.07, 6.45) is 10.8. The van der Waals surface area contributed by atoms with Crippen LogP contribution in [0.4, 0.5) is 0 Å².